The second-order valence-electron chi connectivity index (χ2n) is 6.62. The van der Waals surface area contributed by atoms with Gasteiger partial charge in [0.25, 0.3) is 0 Å². The molecule has 6 heteroatoms. The minimum absolute atomic E-state index is 0.0657. The topological polar surface area (TPSA) is 70.7 Å². The molecule has 0 saturated carbocycles. The predicted molar refractivity (Wildman–Crippen MR) is 109 cm³/mol. The number of rotatable bonds is 5. The fourth-order valence-electron chi connectivity index (χ4n) is 3.00. The second kappa shape index (κ2) is 7.32. The Morgan fingerprint density at radius 3 is 2.85 bits per heavy atom. The molecule has 0 aliphatic heterocycles. The van der Waals surface area contributed by atoms with Crippen LogP contribution in [0.5, 0.6) is 0 Å². The van der Waals surface area contributed by atoms with Gasteiger partial charge in [0.05, 0.1) is 29.2 Å². The van der Waals surface area contributed by atoms with E-state index in [9.17, 15) is 4.79 Å². The van der Waals surface area contributed by atoms with Gasteiger partial charge in [-0.3, -0.25) is 4.79 Å². The standard InChI is InChI=1S/C21H20N4OS/c1-13-6-5-7-15(10-13)21-23-16(12-27-21)11-19(26)22-14(2)20-24-17-8-3-4-9-18(17)25-20/h3-10,12,14H,11H2,1-2H3,(H,22,26)(H,24,25). The number of carbonyl (C=O) groups is 1. The van der Waals surface area contributed by atoms with Gasteiger partial charge in [0.1, 0.15) is 10.8 Å². The van der Waals surface area contributed by atoms with Gasteiger partial charge >= 0.3 is 0 Å². The zero-order valence-electron chi connectivity index (χ0n) is 15.2. The van der Waals surface area contributed by atoms with Gasteiger partial charge in [0.2, 0.25) is 5.91 Å². The van der Waals surface area contributed by atoms with Gasteiger partial charge in [-0.25, -0.2) is 9.97 Å². The fraction of sp³-hybridized carbons (Fsp3) is 0.190. The normalized spacial score (nSPS) is 12.2. The highest BCUT2D eigenvalue weighted by molar-refractivity contribution is 7.13. The van der Waals surface area contributed by atoms with Gasteiger partial charge in [0, 0.05) is 10.9 Å². The van der Waals surface area contributed by atoms with Gasteiger partial charge in [-0.05, 0) is 32.0 Å². The quantitative estimate of drug-likeness (QED) is 0.542. The Bertz CT molecular complexity index is 1070. The Labute approximate surface area is 161 Å². The molecule has 0 spiro atoms. The minimum Gasteiger partial charge on any atom is -0.346 e. The summed E-state index contributed by atoms with van der Waals surface area (Å²) in [7, 11) is 0. The van der Waals surface area contributed by atoms with E-state index in [1.807, 2.05) is 48.7 Å². The molecule has 4 rings (SSSR count). The lowest BCUT2D eigenvalue weighted by molar-refractivity contribution is -0.121. The maximum absolute atomic E-state index is 12.4. The Morgan fingerprint density at radius 1 is 1.19 bits per heavy atom. The molecule has 0 radical (unpaired) electrons. The van der Waals surface area contributed by atoms with Crippen molar-refractivity contribution in [1.29, 1.82) is 0 Å². The van der Waals surface area contributed by atoms with Crippen molar-refractivity contribution in [2.45, 2.75) is 26.3 Å². The molecule has 5 nitrogen and oxygen atoms in total. The number of carbonyl (C=O) groups excluding carboxylic acids is 1. The van der Waals surface area contributed by atoms with E-state index >= 15 is 0 Å². The fourth-order valence-corrected chi connectivity index (χ4v) is 3.82. The van der Waals surface area contributed by atoms with Crippen LogP contribution in [-0.4, -0.2) is 20.9 Å². The molecule has 2 aromatic carbocycles. The van der Waals surface area contributed by atoms with Crippen molar-refractivity contribution in [3.8, 4) is 10.6 Å². The zero-order chi connectivity index (χ0) is 18.8. The van der Waals surface area contributed by atoms with Crippen LogP contribution in [0.2, 0.25) is 0 Å². The maximum atomic E-state index is 12.4. The largest absolute Gasteiger partial charge is 0.346 e. The molecule has 2 heterocycles. The number of hydrogen-bond acceptors (Lipinski definition) is 4. The van der Waals surface area contributed by atoms with Crippen molar-refractivity contribution >= 4 is 28.3 Å². The van der Waals surface area contributed by atoms with Crippen LogP contribution in [0.3, 0.4) is 0 Å². The van der Waals surface area contributed by atoms with E-state index in [1.54, 1.807) is 11.3 Å². The van der Waals surface area contributed by atoms with Crippen molar-refractivity contribution < 1.29 is 4.79 Å². The molecule has 2 N–H and O–H groups in total. The summed E-state index contributed by atoms with van der Waals surface area (Å²) < 4.78 is 0. The van der Waals surface area contributed by atoms with E-state index in [0.717, 1.165) is 33.1 Å². The highest BCUT2D eigenvalue weighted by atomic mass is 32.1. The number of hydrogen-bond donors (Lipinski definition) is 2. The first-order chi connectivity index (χ1) is 13.1. The van der Waals surface area contributed by atoms with Gasteiger partial charge in [0.15, 0.2) is 0 Å². The van der Waals surface area contributed by atoms with E-state index < -0.39 is 0 Å². The molecule has 0 fully saturated rings. The van der Waals surface area contributed by atoms with Crippen LogP contribution in [0.25, 0.3) is 21.6 Å². The van der Waals surface area contributed by atoms with Crippen molar-refractivity contribution in [3.63, 3.8) is 0 Å². The summed E-state index contributed by atoms with van der Waals surface area (Å²) in [6.45, 7) is 3.99. The number of aromatic nitrogens is 3. The van der Waals surface area contributed by atoms with Gasteiger partial charge in [-0.1, -0.05) is 35.9 Å². The Hall–Kier alpha value is -2.99. The summed E-state index contributed by atoms with van der Waals surface area (Å²) in [6.07, 6.45) is 0.257. The van der Waals surface area contributed by atoms with Crippen LogP contribution < -0.4 is 5.32 Å². The Morgan fingerprint density at radius 2 is 2.04 bits per heavy atom. The first kappa shape index (κ1) is 17.4. The third-order valence-electron chi connectivity index (χ3n) is 4.35. The molecular weight excluding hydrogens is 356 g/mol. The summed E-state index contributed by atoms with van der Waals surface area (Å²) in [5.74, 6) is 0.687. The number of amides is 1. The van der Waals surface area contributed by atoms with E-state index in [4.69, 9.17) is 0 Å². The molecule has 136 valence electrons. The summed E-state index contributed by atoms with van der Waals surface area (Å²) >= 11 is 1.56. The number of aryl methyl sites for hydroxylation is 1. The smallest absolute Gasteiger partial charge is 0.226 e. The van der Waals surface area contributed by atoms with Crippen LogP contribution >= 0.6 is 11.3 Å². The van der Waals surface area contributed by atoms with Crippen LogP contribution in [0.1, 0.15) is 30.0 Å². The monoisotopic (exact) mass is 376 g/mol. The van der Waals surface area contributed by atoms with Crippen molar-refractivity contribution in [1.82, 2.24) is 20.3 Å². The van der Waals surface area contributed by atoms with E-state index in [1.165, 1.54) is 5.56 Å². The molecule has 0 saturated heterocycles. The Kier molecular flexibility index (Phi) is 4.73. The number of nitrogens with one attached hydrogen (secondary N) is 2. The van der Waals surface area contributed by atoms with Gasteiger partial charge in [-0.15, -0.1) is 11.3 Å². The number of benzene rings is 2. The number of para-hydroxylation sites is 2. The van der Waals surface area contributed by atoms with Crippen LogP contribution in [0.15, 0.2) is 53.9 Å². The molecule has 1 atom stereocenters. The third-order valence-corrected chi connectivity index (χ3v) is 5.29. The number of imidazole rings is 1. The number of thiazole rings is 1. The van der Waals surface area contributed by atoms with Crippen LogP contribution in [-0.2, 0) is 11.2 Å². The highest BCUT2D eigenvalue weighted by Crippen LogP contribution is 2.24. The van der Waals surface area contributed by atoms with E-state index in [0.29, 0.717) is 0 Å². The Balaban J connectivity index is 1.42. The number of nitrogens with zero attached hydrogens (tertiary/aromatic N) is 2. The lowest BCUT2D eigenvalue weighted by atomic mass is 10.1. The van der Waals surface area contributed by atoms with Gasteiger partial charge in [-0.2, -0.15) is 0 Å². The van der Waals surface area contributed by atoms with Crippen molar-refractivity contribution in [2.24, 2.45) is 0 Å². The van der Waals surface area contributed by atoms with Crippen molar-refractivity contribution in [3.05, 3.63) is 71.0 Å². The molecule has 0 aliphatic rings. The SMILES string of the molecule is Cc1cccc(-c2nc(CC(=O)NC(C)c3nc4ccccc4[nH]3)cs2)c1. The maximum Gasteiger partial charge on any atom is 0.226 e. The summed E-state index contributed by atoms with van der Waals surface area (Å²) in [5.41, 5.74) is 4.93. The molecule has 1 unspecified atom stereocenters. The second-order valence-corrected chi connectivity index (χ2v) is 7.48. The molecular formula is C21H20N4OS. The number of aromatic amines is 1. The summed E-state index contributed by atoms with van der Waals surface area (Å²) in [6, 6.07) is 15.9. The van der Waals surface area contributed by atoms with E-state index in [2.05, 4.69) is 39.3 Å². The first-order valence-electron chi connectivity index (χ1n) is 8.84. The lowest BCUT2D eigenvalue weighted by Gasteiger charge is -2.10. The first-order valence-corrected chi connectivity index (χ1v) is 9.72. The molecule has 0 bridgehead atoms. The van der Waals surface area contributed by atoms with Crippen molar-refractivity contribution in [2.75, 3.05) is 0 Å². The molecule has 1 amide bonds. The molecule has 4 aromatic rings. The predicted octanol–water partition coefficient (Wildman–Crippen LogP) is 4.41. The van der Waals surface area contributed by atoms with Crippen LogP contribution in [0, 0.1) is 6.92 Å². The number of H-pyrrole nitrogens is 1. The molecule has 27 heavy (non-hydrogen) atoms. The average molecular weight is 376 g/mol. The number of fused-ring (bicyclic) bond motifs is 1. The van der Waals surface area contributed by atoms with Gasteiger partial charge < -0.3 is 10.3 Å². The van der Waals surface area contributed by atoms with Crippen LogP contribution in [0.4, 0.5) is 0 Å². The minimum atomic E-state index is -0.195. The lowest BCUT2D eigenvalue weighted by Crippen LogP contribution is -2.28. The van der Waals surface area contributed by atoms with E-state index in [-0.39, 0.29) is 18.4 Å². The molecule has 0 aliphatic carbocycles. The average Bonchev–Trinajstić information content (AvgIpc) is 3.28. The summed E-state index contributed by atoms with van der Waals surface area (Å²) in [5, 5.41) is 5.88. The third kappa shape index (κ3) is 3.90. The molecule has 2 aromatic heterocycles. The summed E-state index contributed by atoms with van der Waals surface area (Å²) in [4.78, 5) is 24.8. The zero-order valence-corrected chi connectivity index (χ0v) is 16.0. The highest BCUT2D eigenvalue weighted by Gasteiger charge is 2.15.